The Bertz CT molecular complexity index is 1830. The number of fused-ring (bicyclic) bond motifs is 1. The average molecular weight is 753 g/mol. The van der Waals surface area contributed by atoms with E-state index in [1.54, 1.807) is 0 Å². The van der Waals surface area contributed by atoms with E-state index in [1.807, 2.05) is 0 Å². The molecule has 0 amide bonds. The predicted octanol–water partition coefficient (Wildman–Crippen LogP) is -1.68. The molecule has 3 aliphatic rings. The van der Waals surface area contributed by atoms with Crippen LogP contribution in [0.4, 0.5) is 0 Å². The van der Waals surface area contributed by atoms with Crippen LogP contribution in [0.15, 0.2) is 45.6 Å². The van der Waals surface area contributed by atoms with Crippen molar-refractivity contribution in [3.8, 4) is 34.3 Å². The van der Waals surface area contributed by atoms with E-state index in [2.05, 4.69) is 0 Å². The molecule has 9 N–H and O–H groups in total. The summed E-state index contributed by atoms with van der Waals surface area (Å²) < 4.78 is 45.3. The highest BCUT2D eigenvalue weighted by molar-refractivity contribution is 5.88. The van der Waals surface area contributed by atoms with Crippen LogP contribution in [-0.2, 0) is 28.5 Å². The predicted molar refractivity (Wildman–Crippen MR) is 173 cm³/mol. The largest absolute Gasteiger partial charge is 0.508 e. The minimum Gasteiger partial charge on any atom is -0.508 e. The number of phenolic OH excluding ortho intramolecular Hbond substituents is 2. The van der Waals surface area contributed by atoms with Crippen molar-refractivity contribution in [2.24, 2.45) is 0 Å². The van der Waals surface area contributed by atoms with Crippen molar-refractivity contribution >= 4 is 16.9 Å². The molecule has 3 aromatic rings. The number of aliphatic hydroxyl groups excluding tert-OH is 7. The zero-order valence-corrected chi connectivity index (χ0v) is 28.4. The molecule has 0 bridgehead atoms. The summed E-state index contributed by atoms with van der Waals surface area (Å²) in [6.07, 6.45) is -21.5. The Balaban J connectivity index is 1.37. The van der Waals surface area contributed by atoms with Crippen molar-refractivity contribution in [2.75, 3.05) is 6.61 Å². The lowest BCUT2D eigenvalue weighted by molar-refractivity contribution is -0.341. The highest BCUT2D eigenvalue weighted by Gasteiger charge is 2.50. The van der Waals surface area contributed by atoms with Crippen LogP contribution >= 0.6 is 0 Å². The maximum Gasteiger partial charge on any atom is 0.303 e. The molecule has 1 aromatic heterocycles. The van der Waals surface area contributed by atoms with Crippen molar-refractivity contribution in [2.45, 2.75) is 107 Å². The number of ether oxygens (including phenoxy) is 7. The highest BCUT2D eigenvalue weighted by Crippen LogP contribution is 2.39. The second-order valence-corrected chi connectivity index (χ2v) is 13.0. The molecular formula is C34H40O19. The van der Waals surface area contributed by atoms with Gasteiger partial charge in [-0.05, 0) is 38.1 Å². The van der Waals surface area contributed by atoms with E-state index in [0.717, 1.165) is 13.0 Å². The van der Waals surface area contributed by atoms with Gasteiger partial charge in [-0.1, -0.05) is 0 Å². The molecule has 0 spiro atoms. The monoisotopic (exact) mass is 752 g/mol. The molecule has 4 heterocycles. The molecule has 0 radical (unpaired) electrons. The van der Waals surface area contributed by atoms with Gasteiger partial charge in [0.1, 0.15) is 70.9 Å². The van der Waals surface area contributed by atoms with Gasteiger partial charge >= 0.3 is 5.97 Å². The number of carbonyl (C=O) groups is 1. The Morgan fingerprint density at radius 1 is 0.755 bits per heavy atom. The molecule has 2 aromatic carbocycles. The van der Waals surface area contributed by atoms with Crippen LogP contribution < -0.4 is 14.9 Å². The molecule has 14 unspecified atom stereocenters. The van der Waals surface area contributed by atoms with Gasteiger partial charge in [0.15, 0.2) is 24.3 Å². The van der Waals surface area contributed by atoms with Crippen molar-refractivity contribution in [1.29, 1.82) is 0 Å². The third kappa shape index (κ3) is 7.64. The first kappa shape index (κ1) is 38.6. The molecule has 19 nitrogen and oxygen atoms in total. The fourth-order valence-electron chi connectivity index (χ4n) is 6.24. The molecule has 0 aliphatic carbocycles. The number of aromatic hydroxyl groups is 2. The first-order valence-electron chi connectivity index (χ1n) is 16.5. The summed E-state index contributed by atoms with van der Waals surface area (Å²) in [6, 6.07) is 7.49. The number of hydrogen-bond acceptors (Lipinski definition) is 19. The third-order valence-corrected chi connectivity index (χ3v) is 9.13. The summed E-state index contributed by atoms with van der Waals surface area (Å²) in [5.41, 5.74) is -1.10. The van der Waals surface area contributed by atoms with E-state index in [9.17, 15) is 55.5 Å². The van der Waals surface area contributed by atoms with Gasteiger partial charge in [-0.25, -0.2) is 0 Å². The lowest BCUT2D eigenvalue weighted by Crippen LogP contribution is -2.62. The maximum absolute atomic E-state index is 14.2. The number of hydrogen-bond donors (Lipinski definition) is 9. The molecule has 0 saturated carbocycles. The van der Waals surface area contributed by atoms with Crippen LogP contribution in [-0.4, -0.2) is 145 Å². The fraction of sp³-hybridized carbons (Fsp3) is 0.529. The number of aliphatic hydroxyl groups is 7. The van der Waals surface area contributed by atoms with E-state index in [1.165, 1.54) is 44.2 Å². The smallest absolute Gasteiger partial charge is 0.303 e. The van der Waals surface area contributed by atoms with Crippen LogP contribution in [0.1, 0.15) is 20.8 Å². The molecule has 6 rings (SSSR count). The number of rotatable bonds is 8. The normalized spacial score (nSPS) is 36.2. The second kappa shape index (κ2) is 15.3. The van der Waals surface area contributed by atoms with Crippen LogP contribution in [0.2, 0.25) is 0 Å². The summed E-state index contributed by atoms with van der Waals surface area (Å²) in [7, 11) is 0. The number of benzene rings is 2. The Morgan fingerprint density at radius 2 is 1.40 bits per heavy atom. The maximum atomic E-state index is 14.2. The molecule has 3 saturated heterocycles. The van der Waals surface area contributed by atoms with E-state index >= 15 is 0 Å². The molecule has 290 valence electrons. The molecule has 19 heteroatoms. The van der Waals surface area contributed by atoms with E-state index in [4.69, 9.17) is 37.6 Å². The first-order chi connectivity index (χ1) is 25.0. The summed E-state index contributed by atoms with van der Waals surface area (Å²) >= 11 is 0. The Kier molecular flexibility index (Phi) is 11.2. The Hall–Kier alpha value is -4.12. The minimum atomic E-state index is -1.81. The molecule has 3 aliphatic heterocycles. The van der Waals surface area contributed by atoms with Crippen LogP contribution in [0.25, 0.3) is 22.3 Å². The topological polar surface area (TPSA) is 294 Å². The SMILES string of the molecule is CC(=O)OC1C(C)OC(Oc2cc(O)c3c(=O)c(OC4OC(C)C(O)C(O)C4OC4OCC(O)C(O)C4O)c(-c4ccc(O)cc4)oc3c2)C(O)C1O. The number of phenols is 2. The average Bonchev–Trinajstić information content (AvgIpc) is 3.10. The fourth-order valence-corrected chi connectivity index (χ4v) is 6.24. The van der Waals surface area contributed by atoms with Crippen molar-refractivity contribution in [1.82, 2.24) is 0 Å². The van der Waals surface area contributed by atoms with E-state index in [-0.39, 0.29) is 28.4 Å². The summed E-state index contributed by atoms with van der Waals surface area (Å²) in [6.45, 7) is 3.54. The standard InChI is InChI=1S/C34H40O19/c1-11-21(39)24(42)31(53-32-26(44)22(40)18(38)10-46-32)34(47-11)52-30-23(41)20-17(37)8-16(9-19(20)51-29(30)14-4-6-15(36)7-5-14)50-33-27(45)25(43)28(12(2)48-33)49-13(3)35/h4-9,11-12,18,21-22,24-28,31-34,36-40,42-45H,10H2,1-3H3. The summed E-state index contributed by atoms with van der Waals surface area (Å²) in [5.74, 6) is -2.62. The van der Waals surface area contributed by atoms with E-state index in [0.29, 0.717) is 0 Å². The zero-order valence-electron chi connectivity index (χ0n) is 28.4. The van der Waals surface area contributed by atoms with Crippen molar-refractivity contribution < 1.29 is 88.3 Å². The number of carbonyl (C=O) groups excluding carboxylic acids is 1. The third-order valence-electron chi connectivity index (χ3n) is 9.13. The van der Waals surface area contributed by atoms with Crippen LogP contribution in [0.5, 0.6) is 23.0 Å². The van der Waals surface area contributed by atoms with Gasteiger partial charge in [0.2, 0.25) is 23.8 Å². The van der Waals surface area contributed by atoms with Gasteiger partial charge in [-0.2, -0.15) is 0 Å². The van der Waals surface area contributed by atoms with Gasteiger partial charge < -0.3 is 83.5 Å². The molecule has 3 fully saturated rings. The molecule has 14 atom stereocenters. The van der Waals surface area contributed by atoms with Gasteiger partial charge in [0.05, 0.1) is 18.8 Å². The Morgan fingerprint density at radius 3 is 2.08 bits per heavy atom. The second-order valence-electron chi connectivity index (χ2n) is 13.0. The van der Waals surface area contributed by atoms with Crippen molar-refractivity contribution in [3.63, 3.8) is 0 Å². The van der Waals surface area contributed by atoms with Crippen molar-refractivity contribution in [3.05, 3.63) is 46.6 Å². The lowest BCUT2D eigenvalue weighted by Gasteiger charge is -2.44. The van der Waals surface area contributed by atoms with Crippen LogP contribution in [0, 0.1) is 0 Å². The van der Waals surface area contributed by atoms with Gasteiger partial charge in [0.25, 0.3) is 0 Å². The summed E-state index contributed by atoms with van der Waals surface area (Å²) in [5, 5.41) is 94.0. The van der Waals surface area contributed by atoms with E-state index < -0.39 is 121 Å². The van der Waals surface area contributed by atoms with Gasteiger partial charge in [0, 0.05) is 24.6 Å². The summed E-state index contributed by atoms with van der Waals surface area (Å²) in [4.78, 5) is 25.7. The first-order valence-corrected chi connectivity index (χ1v) is 16.5. The minimum absolute atomic E-state index is 0.139. The lowest BCUT2D eigenvalue weighted by atomic mass is 9.99. The zero-order chi connectivity index (χ0) is 38.5. The highest BCUT2D eigenvalue weighted by atomic mass is 16.8. The van der Waals surface area contributed by atoms with Crippen LogP contribution in [0.3, 0.4) is 0 Å². The molecular weight excluding hydrogens is 712 g/mol. The van der Waals surface area contributed by atoms with Gasteiger partial charge in [-0.3, -0.25) is 9.59 Å². The van der Waals surface area contributed by atoms with Gasteiger partial charge in [-0.15, -0.1) is 0 Å². The molecule has 53 heavy (non-hydrogen) atoms. The Labute approximate surface area is 299 Å². The quantitative estimate of drug-likeness (QED) is 0.116. The number of esters is 1.